The molecular weight excluding hydrogens is 548 g/mol. The molecule has 11 nitrogen and oxygen atoms in total. The number of benzene rings is 1. The largest absolute Gasteiger partial charge is 0.455 e. The van der Waals surface area contributed by atoms with Gasteiger partial charge in [0.25, 0.3) is 0 Å². The Labute approximate surface area is 243 Å². The number of hydrogen-bond donors (Lipinski definition) is 3. The van der Waals surface area contributed by atoms with Gasteiger partial charge in [-0.3, -0.25) is 14.4 Å². The maximum atomic E-state index is 14.8. The number of rotatable bonds is 4. The lowest BCUT2D eigenvalue weighted by Crippen LogP contribution is -2.81. The van der Waals surface area contributed by atoms with Crippen LogP contribution in [0.5, 0.6) is 0 Å². The van der Waals surface area contributed by atoms with Crippen LogP contribution < -0.4 is 0 Å². The molecule has 11 heteroatoms. The Morgan fingerprint density at radius 3 is 2.19 bits per heavy atom. The van der Waals surface area contributed by atoms with Crippen LogP contribution in [0, 0.1) is 16.7 Å². The van der Waals surface area contributed by atoms with Crippen LogP contribution in [0.3, 0.4) is 0 Å². The second kappa shape index (κ2) is 9.97. The van der Waals surface area contributed by atoms with Crippen molar-refractivity contribution in [2.45, 2.75) is 96.1 Å². The molecule has 1 heterocycles. The average molecular weight is 587 g/mol. The summed E-state index contributed by atoms with van der Waals surface area (Å²) in [4.78, 5) is 53.4. The standard InChI is InChI=1S/C31H38O11/c1-15-19(34)13-31(38)26(41-27(37)18-10-8-7-9-11-18)24-29(6,20(35)12-21-30(24,14-39-21)42-17(3)33)25(36)23(40-16(2)32)22(15)28(31,4)5/h7-11,19-21,23-24,26,34-35,38H,12-14H2,1-6H3/t19?,20?,21-,23-,24?,26?,29-,30+,31-/m1/s1. The summed E-state index contributed by atoms with van der Waals surface area (Å²) >= 11 is 0. The highest BCUT2D eigenvalue weighted by molar-refractivity contribution is 5.95. The molecule has 9 atom stereocenters. The maximum Gasteiger partial charge on any atom is 0.338 e. The van der Waals surface area contributed by atoms with Crippen molar-refractivity contribution in [3.63, 3.8) is 0 Å². The average Bonchev–Trinajstić information content (AvgIpc) is 2.90. The number of ketones is 1. The Balaban J connectivity index is 1.84. The Bertz CT molecular complexity index is 1350. The fourth-order valence-corrected chi connectivity index (χ4v) is 7.91. The predicted octanol–water partition coefficient (Wildman–Crippen LogP) is 1.65. The van der Waals surface area contributed by atoms with Crippen molar-refractivity contribution in [1.82, 2.24) is 0 Å². The van der Waals surface area contributed by atoms with Crippen LogP contribution in [0.2, 0.25) is 0 Å². The Hall–Kier alpha value is -3.12. The fourth-order valence-electron chi connectivity index (χ4n) is 7.91. The molecular formula is C31H38O11. The van der Waals surface area contributed by atoms with E-state index in [4.69, 9.17) is 18.9 Å². The lowest BCUT2D eigenvalue weighted by atomic mass is 9.44. The second-order valence-corrected chi connectivity index (χ2v) is 12.8. The Morgan fingerprint density at radius 1 is 1.00 bits per heavy atom. The molecule has 1 aliphatic heterocycles. The van der Waals surface area contributed by atoms with E-state index in [2.05, 4.69) is 0 Å². The molecule has 1 aromatic carbocycles. The van der Waals surface area contributed by atoms with Gasteiger partial charge in [0.05, 0.1) is 35.7 Å². The molecule has 4 aliphatic rings. The molecule has 2 bridgehead atoms. The number of esters is 3. The zero-order valence-corrected chi connectivity index (χ0v) is 24.6. The molecule has 0 radical (unpaired) electrons. The van der Waals surface area contributed by atoms with Gasteiger partial charge in [-0.1, -0.05) is 32.0 Å². The van der Waals surface area contributed by atoms with Gasteiger partial charge in [0.2, 0.25) is 0 Å². The smallest absolute Gasteiger partial charge is 0.338 e. The normalized spacial score (nSPS) is 40.4. The van der Waals surface area contributed by atoms with Crippen LogP contribution in [0.4, 0.5) is 0 Å². The summed E-state index contributed by atoms with van der Waals surface area (Å²) in [7, 11) is 0. The lowest BCUT2D eigenvalue weighted by Gasteiger charge is -2.67. The van der Waals surface area contributed by atoms with Crippen molar-refractivity contribution >= 4 is 23.7 Å². The highest BCUT2D eigenvalue weighted by Crippen LogP contribution is 2.64. The van der Waals surface area contributed by atoms with E-state index in [1.54, 1.807) is 39.0 Å². The van der Waals surface area contributed by atoms with Crippen LogP contribution >= 0.6 is 0 Å². The first-order valence-corrected chi connectivity index (χ1v) is 14.1. The van der Waals surface area contributed by atoms with E-state index in [9.17, 15) is 34.5 Å². The Morgan fingerprint density at radius 2 is 1.64 bits per heavy atom. The molecule has 5 rings (SSSR count). The predicted molar refractivity (Wildman–Crippen MR) is 145 cm³/mol. The number of fused-ring (bicyclic) bond motifs is 5. The molecule has 228 valence electrons. The second-order valence-electron chi connectivity index (χ2n) is 12.8. The number of hydrogen-bond acceptors (Lipinski definition) is 11. The van der Waals surface area contributed by atoms with Crippen LogP contribution in [0.15, 0.2) is 41.5 Å². The van der Waals surface area contributed by atoms with Crippen LogP contribution in [0.1, 0.15) is 64.7 Å². The quantitative estimate of drug-likeness (QED) is 0.267. The summed E-state index contributed by atoms with van der Waals surface area (Å²) in [5.41, 5.74) is -6.38. The van der Waals surface area contributed by atoms with E-state index in [0.717, 1.165) is 6.92 Å². The number of Topliss-reactive ketones (excluding diaryl/α,β-unsaturated/α-hetero) is 1. The van der Waals surface area contributed by atoms with E-state index in [0.29, 0.717) is 5.57 Å². The van der Waals surface area contributed by atoms with E-state index < -0.39 is 82.2 Å². The third kappa shape index (κ3) is 4.08. The first kappa shape index (κ1) is 30.3. The van der Waals surface area contributed by atoms with Crippen molar-refractivity contribution in [3.05, 3.63) is 47.0 Å². The number of ether oxygens (including phenoxy) is 4. The molecule has 3 fully saturated rings. The van der Waals surface area contributed by atoms with Gasteiger partial charge in [-0.2, -0.15) is 0 Å². The summed E-state index contributed by atoms with van der Waals surface area (Å²) in [6.45, 7) is 8.42. The van der Waals surface area contributed by atoms with Gasteiger partial charge in [0.15, 0.2) is 17.5 Å². The molecule has 3 aliphatic carbocycles. The molecule has 1 aromatic rings. The third-order valence-electron chi connectivity index (χ3n) is 10.2. The third-order valence-corrected chi connectivity index (χ3v) is 10.2. The van der Waals surface area contributed by atoms with Crippen molar-refractivity contribution < 1.29 is 53.4 Å². The maximum absolute atomic E-state index is 14.8. The monoisotopic (exact) mass is 586 g/mol. The minimum Gasteiger partial charge on any atom is -0.455 e. The summed E-state index contributed by atoms with van der Waals surface area (Å²) in [6, 6.07) is 8.05. The topological polar surface area (TPSA) is 166 Å². The van der Waals surface area contributed by atoms with E-state index in [1.165, 1.54) is 26.0 Å². The van der Waals surface area contributed by atoms with Crippen LogP contribution in [0.25, 0.3) is 0 Å². The molecule has 2 saturated carbocycles. The minimum atomic E-state index is -2.11. The van der Waals surface area contributed by atoms with Crippen molar-refractivity contribution in [2.75, 3.05) is 6.61 Å². The highest BCUT2D eigenvalue weighted by Gasteiger charge is 2.78. The molecule has 0 spiro atoms. The fraction of sp³-hybridized carbons (Fsp3) is 0.613. The number of carbonyl (C=O) groups excluding carboxylic acids is 4. The van der Waals surface area contributed by atoms with Crippen molar-refractivity contribution in [3.8, 4) is 0 Å². The summed E-state index contributed by atoms with van der Waals surface area (Å²) in [5.74, 6) is -4.41. The summed E-state index contributed by atoms with van der Waals surface area (Å²) in [5, 5.41) is 35.8. The molecule has 3 N–H and O–H groups in total. The van der Waals surface area contributed by atoms with Gasteiger partial charge >= 0.3 is 17.9 Å². The first-order valence-electron chi connectivity index (χ1n) is 14.1. The number of aliphatic hydroxyl groups is 3. The first-order chi connectivity index (χ1) is 19.5. The zero-order valence-electron chi connectivity index (χ0n) is 24.6. The SMILES string of the molecule is CC(=O)O[C@H]1C(=O)[C@]2(C)C(O)C[C@H]3OC[C@@]3(OC(C)=O)C2C(OC(=O)c2ccccc2)[C@]2(O)CC(O)C(C)=C1C2(C)C. The van der Waals surface area contributed by atoms with E-state index >= 15 is 0 Å². The summed E-state index contributed by atoms with van der Waals surface area (Å²) < 4.78 is 23.5. The van der Waals surface area contributed by atoms with Gasteiger partial charge in [0, 0.05) is 32.1 Å². The van der Waals surface area contributed by atoms with Gasteiger partial charge in [-0.15, -0.1) is 0 Å². The van der Waals surface area contributed by atoms with Gasteiger partial charge in [0.1, 0.15) is 17.8 Å². The van der Waals surface area contributed by atoms with Gasteiger partial charge < -0.3 is 34.3 Å². The zero-order chi connectivity index (χ0) is 31.0. The molecule has 0 aromatic heterocycles. The lowest BCUT2D eigenvalue weighted by molar-refractivity contribution is -0.345. The van der Waals surface area contributed by atoms with Gasteiger partial charge in [-0.25, -0.2) is 4.79 Å². The van der Waals surface area contributed by atoms with Crippen molar-refractivity contribution in [2.24, 2.45) is 16.7 Å². The number of aliphatic hydroxyl groups excluding tert-OH is 2. The van der Waals surface area contributed by atoms with Crippen LogP contribution in [-0.2, 0) is 33.3 Å². The van der Waals surface area contributed by atoms with Crippen molar-refractivity contribution in [1.29, 1.82) is 0 Å². The molecule has 4 unspecified atom stereocenters. The van der Waals surface area contributed by atoms with E-state index in [1.807, 2.05) is 0 Å². The van der Waals surface area contributed by atoms with E-state index in [-0.39, 0.29) is 30.6 Å². The minimum absolute atomic E-state index is 0.110. The number of carbonyl (C=O) groups is 4. The summed E-state index contributed by atoms with van der Waals surface area (Å²) in [6.07, 6.45) is -7.27. The molecule has 0 amide bonds. The molecule has 1 saturated heterocycles. The van der Waals surface area contributed by atoms with Gasteiger partial charge in [-0.05, 0) is 37.1 Å². The highest BCUT2D eigenvalue weighted by atomic mass is 16.6. The Kier molecular flexibility index (Phi) is 7.20. The molecule has 42 heavy (non-hydrogen) atoms. The van der Waals surface area contributed by atoms with Crippen LogP contribution in [-0.4, -0.2) is 87.3 Å².